The van der Waals surface area contributed by atoms with Gasteiger partial charge in [0.15, 0.2) is 0 Å². The largest absolute Gasteiger partial charge is 0.453 e. The molecule has 0 saturated carbocycles. The Hall–Kier alpha value is -1.14. The van der Waals surface area contributed by atoms with Crippen LogP contribution >= 0.6 is 0 Å². The van der Waals surface area contributed by atoms with Gasteiger partial charge in [-0.3, -0.25) is 0 Å². The van der Waals surface area contributed by atoms with E-state index in [4.69, 9.17) is 9.47 Å². The van der Waals surface area contributed by atoms with Gasteiger partial charge in [-0.2, -0.15) is 0 Å². The first kappa shape index (κ1) is 16.9. The number of carbonyl (C=O) groups excluding carboxylic acids is 2. The lowest BCUT2D eigenvalue weighted by Gasteiger charge is -2.12. The maximum absolute atomic E-state index is 10.8. The van der Waals surface area contributed by atoms with Crippen molar-refractivity contribution in [3.8, 4) is 0 Å². The second-order valence-electron chi connectivity index (χ2n) is 3.95. The van der Waals surface area contributed by atoms with Crippen molar-refractivity contribution in [2.75, 3.05) is 33.5 Å². The van der Waals surface area contributed by atoms with Crippen molar-refractivity contribution in [2.24, 2.45) is 0 Å². The van der Waals surface area contributed by atoms with E-state index in [2.05, 4.69) is 10.1 Å². The predicted molar refractivity (Wildman–Crippen MR) is 66.6 cm³/mol. The van der Waals surface area contributed by atoms with Gasteiger partial charge in [0.25, 0.3) is 0 Å². The highest BCUT2D eigenvalue weighted by Gasteiger charge is 2.03. The fourth-order valence-electron chi connectivity index (χ4n) is 1.20. The van der Waals surface area contributed by atoms with Crippen molar-refractivity contribution >= 4 is 11.9 Å². The molecular weight excluding hydrogens is 238 g/mol. The minimum Gasteiger partial charge on any atom is -0.453 e. The summed E-state index contributed by atoms with van der Waals surface area (Å²) in [6.45, 7) is 5.28. The molecular formula is C12H23NO5. The Bertz CT molecular complexity index is 245. The molecule has 1 atom stereocenters. The van der Waals surface area contributed by atoms with Crippen molar-refractivity contribution in [1.82, 2.24) is 5.32 Å². The fourth-order valence-corrected chi connectivity index (χ4v) is 1.20. The summed E-state index contributed by atoms with van der Waals surface area (Å²) in [5.41, 5.74) is 0. The zero-order chi connectivity index (χ0) is 13.8. The van der Waals surface area contributed by atoms with Crippen LogP contribution in [-0.4, -0.2) is 51.5 Å². The van der Waals surface area contributed by atoms with E-state index in [1.165, 1.54) is 7.11 Å². The Morgan fingerprint density at radius 2 is 1.94 bits per heavy atom. The van der Waals surface area contributed by atoms with E-state index in [0.717, 1.165) is 6.42 Å². The highest BCUT2D eigenvalue weighted by molar-refractivity contribution is 5.75. The molecule has 0 radical (unpaired) electrons. The quantitative estimate of drug-likeness (QED) is 0.597. The summed E-state index contributed by atoms with van der Waals surface area (Å²) >= 11 is 0. The molecule has 0 aromatic rings. The van der Waals surface area contributed by atoms with Crippen LogP contribution in [0.4, 0.5) is 4.79 Å². The minimum atomic E-state index is -0.465. The van der Waals surface area contributed by atoms with Gasteiger partial charge < -0.3 is 24.3 Å². The molecule has 0 aliphatic rings. The first-order chi connectivity index (χ1) is 8.56. The molecule has 0 saturated heterocycles. The van der Waals surface area contributed by atoms with Gasteiger partial charge in [-0.1, -0.05) is 0 Å². The molecule has 0 heterocycles. The Kier molecular flexibility index (Phi) is 10.3. The van der Waals surface area contributed by atoms with E-state index in [-0.39, 0.29) is 11.9 Å². The molecule has 106 valence electrons. The molecule has 18 heavy (non-hydrogen) atoms. The summed E-state index contributed by atoms with van der Waals surface area (Å²) in [5, 5.41) is 2.50. The monoisotopic (exact) mass is 261 g/mol. The van der Waals surface area contributed by atoms with Gasteiger partial charge in [0.05, 0.1) is 33.0 Å². The Labute approximate surface area is 108 Å². The third kappa shape index (κ3) is 11.3. The van der Waals surface area contributed by atoms with Crippen molar-refractivity contribution in [2.45, 2.75) is 32.8 Å². The van der Waals surface area contributed by atoms with Gasteiger partial charge in [0.2, 0.25) is 0 Å². The summed E-state index contributed by atoms with van der Waals surface area (Å²) in [6.07, 6.45) is 0.878. The molecule has 0 spiro atoms. The second kappa shape index (κ2) is 11.0. The molecule has 6 heteroatoms. The standard InChI is InChI=1S/C12H23NO5/c1-10(14)4-5-11(2)18-9-8-17-7-6-13-12(15)16-3/h11H,4-9H2,1-3H3,(H,13,15). The van der Waals surface area contributed by atoms with Gasteiger partial charge in [0, 0.05) is 13.0 Å². The molecule has 1 unspecified atom stereocenters. The van der Waals surface area contributed by atoms with Crippen LogP contribution in [0.1, 0.15) is 26.7 Å². The topological polar surface area (TPSA) is 73.9 Å². The number of ether oxygens (including phenoxy) is 3. The van der Waals surface area contributed by atoms with Crippen LogP contribution in [0.5, 0.6) is 0 Å². The molecule has 0 aliphatic carbocycles. The van der Waals surface area contributed by atoms with E-state index < -0.39 is 6.09 Å². The lowest BCUT2D eigenvalue weighted by Crippen LogP contribution is -2.27. The molecule has 0 bridgehead atoms. The van der Waals surface area contributed by atoms with Gasteiger partial charge in [0.1, 0.15) is 5.78 Å². The van der Waals surface area contributed by atoms with E-state index in [9.17, 15) is 9.59 Å². The number of Topliss-reactive ketones (excluding diaryl/α,β-unsaturated/α-hetero) is 1. The lowest BCUT2D eigenvalue weighted by molar-refractivity contribution is -0.117. The van der Waals surface area contributed by atoms with E-state index >= 15 is 0 Å². The first-order valence-electron chi connectivity index (χ1n) is 6.07. The Morgan fingerprint density at radius 3 is 2.56 bits per heavy atom. The first-order valence-corrected chi connectivity index (χ1v) is 6.07. The van der Waals surface area contributed by atoms with Crippen molar-refractivity contribution in [3.05, 3.63) is 0 Å². The van der Waals surface area contributed by atoms with Crippen molar-refractivity contribution in [3.63, 3.8) is 0 Å². The zero-order valence-corrected chi connectivity index (χ0v) is 11.4. The maximum atomic E-state index is 10.8. The summed E-state index contributed by atoms with van der Waals surface area (Å²) in [5.74, 6) is 0.176. The maximum Gasteiger partial charge on any atom is 0.406 e. The van der Waals surface area contributed by atoms with Crippen molar-refractivity contribution < 1.29 is 23.8 Å². The zero-order valence-electron chi connectivity index (χ0n) is 11.4. The third-order valence-electron chi connectivity index (χ3n) is 2.23. The number of amides is 1. The van der Waals surface area contributed by atoms with Crippen LogP contribution in [0.25, 0.3) is 0 Å². The Morgan fingerprint density at radius 1 is 1.22 bits per heavy atom. The Balaban J connectivity index is 3.24. The average molecular weight is 261 g/mol. The smallest absolute Gasteiger partial charge is 0.406 e. The number of hydrogen-bond acceptors (Lipinski definition) is 5. The van der Waals surface area contributed by atoms with Crippen LogP contribution in [0, 0.1) is 0 Å². The van der Waals surface area contributed by atoms with Gasteiger partial charge in [-0.05, 0) is 20.3 Å². The minimum absolute atomic E-state index is 0.0608. The molecule has 0 aromatic carbocycles. The molecule has 0 rings (SSSR count). The lowest BCUT2D eigenvalue weighted by atomic mass is 10.2. The van der Waals surface area contributed by atoms with E-state index in [1.807, 2.05) is 6.92 Å². The normalized spacial score (nSPS) is 11.9. The number of methoxy groups -OCH3 is 1. The highest BCUT2D eigenvalue weighted by Crippen LogP contribution is 2.01. The molecule has 0 aromatic heterocycles. The number of ketones is 1. The van der Waals surface area contributed by atoms with Crippen molar-refractivity contribution in [1.29, 1.82) is 0 Å². The second-order valence-corrected chi connectivity index (χ2v) is 3.95. The van der Waals surface area contributed by atoms with E-state index in [1.54, 1.807) is 6.92 Å². The highest BCUT2D eigenvalue weighted by atomic mass is 16.5. The molecule has 1 N–H and O–H groups in total. The number of alkyl carbamates (subject to hydrolysis) is 1. The summed E-state index contributed by atoms with van der Waals surface area (Å²) in [6, 6.07) is 0. The van der Waals surface area contributed by atoms with Crippen LogP contribution in [0.15, 0.2) is 0 Å². The predicted octanol–water partition coefficient (Wildman–Crippen LogP) is 1.13. The molecule has 0 fully saturated rings. The van der Waals surface area contributed by atoms with Crippen LogP contribution < -0.4 is 5.32 Å². The van der Waals surface area contributed by atoms with Crippen LogP contribution in [-0.2, 0) is 19.0 Å². The average Bonchev–Trinajstić information content (AvgIpc) is 2.34. The number of hydrogen-bond donors (Lipinski definition) is 1. The molecule has 1 amide bonds. The summed E-state index contributed by atoms with van der Waals surface area (Å²) in [4.78, 5) is 21.4. The number of rotatable bonds is 10. The van der Waals surface area contributed by atoms with Crippen LogP contribution in [0.3, 0.4) is 0 Å². The molecule has 0 aliphatic heterocycles. The van der Waals surface area contributed by atoms with Gasteiger partial charge in [-0.25, -0.2) is 4.79 Å². The third-order valence-corrected chi connectivity index (χ3v) is 2.23. The van der Waals surface area contributed by atoms with Gasteiger partial charge in [-0.15, -0.1) is 0 Å². The molecule has 6 nitrogen and oxygen atoms in total. The fraction of sp³-hybridized carbons (Fsp3) is 0.833. The van der Waals surface area contributed by atoms with Gasteiger partial charge >= 0.3 is 6.09 Å². The van der Waals surface area contributed by atoms with E-state index in [0.29, 0.717) is 32.8 Å². The summed E-state index contributed by atoms with van der Waals surface area (Å²) in [7, 11) is 1.31. The van der Waals surface area contributed by atoms with Crippen LogP contribution in [0.2, 0.25) is 0 Å². The SMILES string of the molecule is COC(=O)NCCOCCOC(C)CCC(C)=O. The summed E-state index contributed by atoms with van der Waals surface area (Å²) < 4.78 is 15.1. The number of nitrogens with one attached hydrogen (secondary N) is 1. The number of carbonyl (C=O) groups is 2.